The van der Waals surface area contributed by atoms with Crippen LogP contribution in [0.15, 0.2) is 41.4 Å². The van der Waals surface area contributed by atoms with Crippen LogP contribution in [0.4, 0.5) is 0 Å². The third kappa shape index (κ3) is 2.11. The van der Waals surface area contributed by atoms with Gasteiger partial charge in [0.25, 0.3) is 10.0 Å². The summed E-state index contributed by atoms with van der Waals surface area (Å²) in [4.78, 5) is 0.242. The Morgan fingerprint density at radius 3 is 2.14 bits per heavy atom. The number of fused-ring (bicyclic) bond motifs is 7. The fourth-order valence-electron chi connectivity index (χ4n) is 5.20. The molecule has 0 saturated heterocycles. The molecular weight excluding hydrogens is 374 g/mol. The number of hydrogen-bond donors (Lipinski definition) is 2. The molecule has 5 nitrogen and oxygen atoms in total. The molecule has 2 bridgehead atoms. The summed E-state index contributed by atoms with van der Waals surface area (Å²) in [5, 5.41) is 21.8. The molecule has 2 N–H and O–H groups in total. The van der Waals surface area contributed by atoms with Gasteiger partial charge in [-0.3, -0.25) is 0 Å². The average molecular weight is 397 g/mol. The molecule has 0 aliphatic heterocycles. The van der Waals surface area contributed by atoms with Crippen LogP contribution in [-0.4, -0.2) is 34.8 Å². The molecule has 3 aromatic rings. The van der Waals surface area contributed by atoms with E-state index >= 15 is 0 Å². The van der Waals surface area contributed by atoms with Crippen molar-refractivity contribution in [3.8, 4) is 0 Å². The van der Waals surface area contributed by atoms with Crippen LogP contribution in [0.3, 0.4) is 0 Å². The second-order valence-electron chi connectivity index (χ2n) is 8.20. The fourth-order valence-corrected chi connectivity index (χ4v) is 6.56. The van der Waals surface area contributed by atoms with Crippen molar-refractivity contribution in [1.29, 1.82) is 0 Å². The van der Waals surface area contributed by atoms with Gasteiger partial charge >= 0.3 is 0 Å². The Labute approximate surface area is 164 Å². The lowest BCUT2D eigenvalue weighted by molar-refractivity contribution is 0.0218. The Balaban J connectivity index is 1.84. The number of rotatable bonds is 2. The van der Waals surface area contributed by atoms with Crippen molar-refractivity contribution in [2.45, 2.75) is 56.1 Å². The van der Waals surface area contributed by atoms with Crippen LogP contribution in [0.1, 0.15) is 46.1 Å². The predicted molar refractivity (Wildman–Crippen MR) is 107 cm³/mol. The van der Waals surface area contributed by atoms with E-state index in [1.165, 1.54) is 3.97 Å². The lowest BCUT2D eigenvalue weighted by Gasteiger charge is -2.29. The van der Waals surface area contributed by atoms with E-state index in [1.54, 1.807) is 30.5 Å². The number of nitrogens with zero attached hydrogens (tertiary/aromatic N) is 1. The number of aryl methyl sites for hydroxylation is 2. The number of hydrogen-bond acceptors (Lipinski definition) is 4. The molecule has 2 aliphatic carbocycles. The summed E-state index contributed by atoms with van der Waals surface area (Å²) in [6, 6.07) is 8.69. The lowest BCUT2D eigenvalue weighted by atomic mass is 9.82. The van der Waals surface area contributed by atoms with Crippen molar-refractivity contribution in [2.75, 3.05) is 0 Å². The first kappa shape index (κ1) is 17.9. The maximum Gasteiger partial charge on any atom is 0.268 e. The summed E-state index contributed by atoms with van der Waals surface area (Å²) in [5.74, 6) is -0.373. The summed E-state index contributed by atoms with van der Waals surface area (Å²) in [6.07, 6.45) is 0.632. The van der Waals surface area contributed by atoms with Crippen molar-refractivity contribution < 1.29 is 18.6 Å². The Bertz CT molecular complexity index is 1220. The molecular formula is C22H23NO4S. The van der Waals surface area contributed by atoms with E-state index in [2.05, 4.69) is 0 Å². The van der Waals surface area contributed by atoms with Crippen molar-refractivity contribution in [3.05, 3.63) is 64.3 Å². The van der Waals surface area contributed by atoms with E-state index in [0.717, 1.165) is 33.2 Å². The van der Waals surface area contributed by atoms with E-state index in [9.17, 15) is 18.6 Å². The third-order valence-electron chi connectivity index (χ3n) is 6.77. The molecule has 146 valence electrons. The van der Waals surface area contributed by atoms with Crippen LogP contribution < -0.4 is 0 Å². The molecule has 1 saturated carbocycles. The number of aromatic nitrogens is 1. The normalized spacial score (nSPS) is 26.2. The highest BCUT2D eigenvalue weighted by Crippen LogP contribution is 2.57. The second-order valence-corrected chi connectivity index (χ2v) is 10.0. The summed E-state index contributed by atoms with van der Waals surface area (Å²) in [6.45, 7) is 5.94. The highest BCUT2D eigenvalue weighted by atomic mass is 32.2. The maximum atomic E-state index is 13.4. The summed E-state index contributed by atoms with van der Waals surface area (Å²) in [5.41, 5.74) is 5.68. The van der Waals surface area contributed by atoms with E-state index in [4.69, 9.17) is 0 Å². The zero-order valence-corrected chi connectivity index (χ0v) is 16.9. The maximum absolute atomic E-state index is 13.4. The van der Waals surface area contributed by atoms with Crippen molar-refractivity contribution in [3.63, 3.8) is 0 Å². The predicted octanol–water partition coefficient (Wildman–Crippen LogP) is 3.11. The summed E-state index contributed by atoms with van der Waals surface area (Å²) < 4.78 is 28.2. The van der Waals surface area contributed by atoms with Crippen LogP contribution >= 0.6 is 0 Å². The first-order valence-corrected chi connectivity index (χ1v) is 11.0. The quantitative estimate of drug-likeness (QED) is 0.696. The molecule has 2 aromatic carbocycles. The zero-order valence-electron chi connectivity index (χ0n) is 16.0. The molecule has 1 aromatic heterocycles. The van der Waals surface area contributed by atoms with Gasteiger partial charge in [0.1, 0.15) is 0 Å². The highest BCUT2D eigenvalue weighted by Gasteiger charge is 2.52. The Hall–Kier alpha value is -2.15. The van der Waals surface area contributed by atoms with Gasteiger partial charge in [-0.25, -0.2) is 12.4 Å². The summed E-state index contributed by atoms with van der Waals surface area (Å²) >= 11 is 0. The van der Waals surface area contributed by atoms with Gasteiger partial charge in [-0.1, -0.05) is 17.7 Å². The molecule has 28 heavy (non-hydrogen) atoms. The van der Waals surface area contributed by atoms with E-state index in [-0.39, 0.29) is 16.7 Å². The zero-order chi connectivity index (χ0) is 20.0. The topological polar surface area (TPSA) is 79.5 Å². The van der Waals surface area contributed by atoms with Gasteiger partial charge in [0.05, 0.1) is 22.6 Å². The highest BCUT2D eigenvalue weighted by molar-refractivity contribution is 7.90. The lowest BCUT2D eigenvalue weighted by Crippen LogP contribution is -2.32. The molecule has 0 amide bonds. The number of benzene rings is 2. The van der Waals surface area contributed by atoms with Crippen molar-refractivity contribution >= 4 is 20.9 Å². The molecule has 1 heterocycles. The van der Waals surface area contributed by atoms with Crippen LogP contribution in [0, 0.1) is 20.8 Å². The Morgan fingerprint density at radius 2 is 1.50 bits per heavy atom. The Morgan fingerprint density at radius 1 is 0.893 bits per heavy atom. The molecule has 6 heteroatoms. The van der Waals surface area contributed by atoms with Crippen LogP contribution in [0.5, 0.6) is 0 Å². The second kappa shape index (κ2) is 5.69. The molecule has 0 spiro atoms. The van der Waals surface area contributed by atoms with Gasteiger partial charge in [0.15, 0.2) is 0 Å². The molecule has 0 radical (unpaired) electrons. The molecule has 5 rings (SSSR count). The minimum Gasteiger partial charge on any atom is -0.390 e. The SMILES string of the molecule is Cc1ccc(S(=O)(=O)n2ccc3c(C)c(C)c4c(c32)[C@H]2C[C@@H]4C(O)C2O)cc1. The number of aliphatic hydroxyl groups is 2. The van der Waals surface area contributed by atoms with E-state index < -0.39 is 22.2 Å². The van der Waals surface area contributed by atoms with Crippen molar-refractivity contribution in [2.24, 2.45) is 0 Å². The van der Waals surface area contributed by atoms with Crippen LogP contribution in [-0.2, 0) is 10.0 Å². The minimum absolute atomic E-state index is 0.136. The van der Waals surface area contributed by atoms with Gasteiger partial charge in [0, 0.05) is 23.4 Å². The van der Waals surface area contributed by atoms with Gasteiger partial charge in [0.2, 0.25) is 0 Å². The van der Waals surface area contributed by atoms with E-state index in [1.807, 2.05) is 26.8 Å². The van der Waals surface area contributed by atoms with Crippen LogP contribution in [0.25, 0.3) is 10.9 Å². The van der Waals surface area contributed by atoms with Gasteiger partial charge in [-0.15, -0.1) is 0 Å². The van der Waals surface area contributed by atoms with Gasteiger partial charge < -0.3 is 10.2 Å². The van der Waals surface area contributed by atoms with Crippen LogP contribution in [0.2, 0.25) is 0 Å². The van der Waals surface area contributed by atoms with Gasteiger partial charge in [-0.05, 0) is 67.6 Å². The third-order valence-corrected chi connectivity index (χ3v) is 8.46. The monoisotopic (exact) mass is 397 g/mol. The molecule has 2 aliphatic rings. The molecule has 4 atom stereocenters. The minimum atomic E-state index is -3.77. The first-order valence-electron chi connectivity index (χ1n) is 9.56. The molecule has 2 unspecified atom stereocenters. The van der Waals surface area contributed by atoms with Crippen molar-refractivity contribution in [1.82, 2.24) is 3.97 Å². The van der Waals surface area contributed by atoms with E-state index in [0.29, 0.717) is 11.9 Å². The average Bonchev–Trinajstić information content (AvgIpc) is 3.33. The number of aliphatic hydroxyl groups excluding tert-OH is 2. The summed E-state index contributed by atoms with van der Waals surface area (Å²) in [7, 11) is -3.77. The van der Waals surface area contributed by atoms with Gasteiger partial charge in [-0.2, -0.15) is 0 Å². The largest absolute Gasteiger partial charge is 0.390 e. The smallest absolute Gasteiger partial charge is 0.268 e. The Kier molecular flexibility index (Phi) is 3.64. The standard InChI is InChI=1S/C22H23NO4S/c1-11-4-6-14(7-5-11)28(26,27)23-9-8-15-12(2)13(3)18-16-10-17(19(18)20(15)23)22(25)21(16)24/h4-9,16-17,21-22,24-25H,10H2,1-3H3/t16-,17+,21?,22?/m0/s1. The molecule has 1 fully saturated rings. The fraction of sp³-hybridized carbons (Fsp3) is 0.364. The first-order chi connectivity index (χ1) is 13.2.